The quantitative estimate of drug-likeness (QED) is 0.769. The second kappa shape index (κ2) is 7.11. The highest BCUT2D eigenvalue weighted by atomic mass is 19.1. The summed E-state index contributed by atoms with van der Waals surface area (Å²) < 4.78 is 26.4. The molecule has 0 radical (unpaired) electrons. The highest BCUT2D eigenvalue weighted by Gasteiger charge is 2.28. The first kappa shape index (κ1) is 17.1. The maximum Gasteiger partial charge on any atom is 0.270 e. The van der Waals surface area contributed by atoms with E-state index in [1.165, 1.54) is 12.1 Å². The first-order chi connectivity index (χ1) is 13.1. The van der Waals surface area contributed by atoms with E-state index in [-0.39, 0.29) is 18.3 Å². The van der Waals surface area contributed by atoms with Crippen molar-refractivity contribution >= 4 is 11.7 Å². The molecule has 0 aliphatic carbocycles. The number of anilines is 1. The molecular weight excluding hydrogens is 349 g/mol. The number of halogens is 1. The van der Waals surface area contributed by atoms with E-state index in [1.807, 2.05) is 19.1 Å². The van der Waals surface area contributed by atoms with Crippen molar-refractivity contribution in [2.24, 2.45) is 0 Å². The minimum atomic E-state index is -0.767. The normalized spacial score (nSPS) is 15.4. The van der Waals surface area contributed by atoms with Crippen LogP contribution in [-0.2, 0) is 11.3 Å². The fraction of sp³-hybridized carbons (Fsp3) is 0.200. The predicted octanol–water partition coefficient (Wildman–Crippen LogP) is 3.16. The van der Waals surface area contributed by atoms with Crippen LogP contribution in [0.1, 0.15) is 11.1 Å². The molecule has 1 aliphatic heterocycles. The van der Waals surface area contributed by atoms with Crippen LogP contribution in [0.25, 0.3) is 0 Å². The summed E-state index contributed by atoms with van der Waals surface area (Å²) in [5.74, 6) is 1.07. The number of hydrogen-bond acceptors (Lipinski definition) is 4. The first-order valence-electron chi connectivity index (χ1n) is 8.56. The second-order valence-corrected chi connectivity index (χ2v) is 6.32. The molecule has 2 aromatic carbocycles. The van der Waals surface area contributed by atoms with Crippen LogP contribution in [0.5, 0.6) is 11.5 Å². The van der Waals surface area contributed by atoms with Crippen LogP contribution < -0.4 is 14.8 Å². The summed E-state index contributed by atoms with van der Waals surface area (Å²) in [6.45, 7) is 2.31. The number of rotatable bonds is 4. The van der Waals surface area contributed by atoms with Gasteiger partial charge >= 0.3 is 0 Å². The zero-order valence-electron chi connectivity index (χ0n) is 14.7. The van der Waals surface area contributed by atoms with E-state index in [2.05, 4.69) is 10.4 Å². The van der Waals surface area contributed by atoms with Crippen molar-refractivity contribution in [2.75, 3.05) is 11.9 Å². The van der Waals surface area contributed by atoms with Crippen LogP contribution in [0.4, 0.5) is 10.2 Å². The first-order valence-corrected chi connectivity index (χ1v) is 8.56. The van der Waals surface area contributed by atoms with Crippen molar-refractivity contribution in [3.63, 3.8) is 0 Å². The van der Waals surface area contributed by atoms with Crippen molar-refractivity contribution in [3.8, 4) is 11.5 Å². The average Bonchev–Trinajstić information content (AvgIpc) is 3.01. The Hall–Kier alpha value is -3.35. The predicted molar refractivity (Wildman–Crippen MR) is 97.4 cm³/mol. The molecule has 0 fully saturated rings. The van der Waals surface area contributed by atoms with E-state index in [0.29, 0.717) is 23.9 Å². The lowest BCUT2D eigenvalue weighted by molar-refractivity contribution is -0.125. The van der Waals surface area contributed by atoms with Gasteiger partial charge in [0.1, 0.15) is 18.2 Å². The van der Waals surface area contributed by atoms with Crippen LogP contribution in [-0.4, -0.2) is 28.4 Å². The van der Waals surface area contributed by atoms with Crippen LogP contribution in [0, 0.1) is 12.7 Å². The van der Waals surface area contributed by atoms with Gasteiger partial charge in [-0.15, -0.1) is 0 Å². The molecule has 1 N–H and O–H groups in total. The molecule has 2 heterocycles. The Morgan fingerprint density at radius 3 is 2.89 bits per heavy atom. The Balaban J connectivity index is 1.50. The number of aromatic nitrogens is 2. The van der Waals surface area contributed by atoms with Crippen molar-refractivity contribution in [1.29, 1.82) is 0 Å². The summed E-state index contributed by atoms with van der Waals surface area (Å²) in [4.78, 5) is 12.7. The molecule has 0 saturated carbocycles. The lowest BCUT2D eigenvalue weighted by Crippen LogP contribution is -2.40. The Morgan fingerprint density at radius 1 is 1.26 bits per heavy atom. The van der Waals surface area contributed by atoms with Crippen molar-refractivity contribution < 1.29 is 18.7 Å². The minimum Gasteiger partial charge on any atom is -0.485 e. The number of hydrogen-bond donors (Lipinski definition) is 1. The number of fused-ring (bicyclic) bond motifs is 1. The Bertz CT molecular complexity index is 986. The van der Waals surface area contributed by atoms with Crippen LogP contribution >= 0.6 is 0 Å². The molecule has 1 amide bonds. The maximum absolute atomic E-state index is 13.4. The number of para-hydroxylation sites is 2. The van der Waals surface area contributed by atoms with Gasteiger partial charge in [0, 0.05) is 5.56 Å². The molecule has 0 unspecified atom stereocenters. The van der Waals surface area contributed by atoms with Gasteiger partial charge in [-0.1, -0.05) is 24.3 Å². The summed E-state index contributed by atoms with van der Waals surface area (Å²) in [6, 6.07) is 13.5. The van der Waals surface area contributed by atoms with Gasteiger partial charge in [-0.3, -0.25) is 4.79 Å². The fourth-order valence-corrected chi connectivity index (χ4v) is 2.92. The molecule has 4 rings (SSSR count). The van der Waals surface area contributed by atoms with Gasteiger partial charge in [0.05, 0.1) is 12.7 Å². The number of nitrogens with one attached hydrogen (secondary N) is 1. The molecule has 7 heteroatoms. The molecule has 0 saturated heterocycles. The summed E-state index contributed by atoms with van der Waals surface area (Å²) in [6.07, 6.45) is 0.888. The summed E-state index contributed by atoms with van der Waals surface area (Å²) in [5.41, 5.74) is 1.55. The monoisotopic (exact) mass is 367 g/mol. The SMILES string of the molecule is Cc1cnn(Cc2cccc(F)c2)c1NC(=O)[C@@H]1COc2ccccc2O1. The number of nitrogens with zero attached hydrogens (tertiary/aromatic N) is 2. The third kappa shape index (κ3) is 3.62. The molecule has 27 heavy (non-hydrogen) atoms. The summed E-state index contributed by atoms with van der Waals surface area (Å²) >= 11 is 0. The van der Waals surface area contributed by atoms with E-state index in [4.69, 9.17) is 9.47 Å². The van der Waals surface area contributed by atoms with Crippen LogP contribution in [0.3, 0.4) is 0 Å². The second-order valence-electron chi connectivity index (χ2n) is 6.32. The summed E-state index contributed by atoms with van der Waals surface area (Å²) in [7, 11) is 0. The number of carbonyl (C=O) groups is 1. The molecule has 1 aliphatic rings. The van der Waals surface area contributed by atoms with Crippen molar-refractivity contribution in [3.05, 3.63) is 71.7 Å². The Labute approximate surface area is 155 Å². The molecule has 1 atom stereocenters. The van der Waals surface area contributed by atoms with Crippen molar-refractivity contribution in [1.82, 2.24) is 9.78 Å². The number of carbonyl (C=O) groups excluding carboxylic acids is 1. The van der Waals surface area contributed by atoms with Gasteiger partial charge in [-0.05, 0) is 36.8 Å². The zero-order chi connectivity index (χ0) is 18.8. The lowest BCUT2D eigenvalue weighted by Gasteiger charge is -2.25. The largest absolute Gasteiger partial charge is 0.485 e. The number of amides is 1. The van der Waals surface area contributed by atoms with E-state index < -0.39 is 6.10 Å². The molecule has 3 aromatic rings. The third-order valence-corrected chi connectivity index (χ3v) is 4.29. The maximum atomic E-state index is 13.4. The lowest BCUT2D eigenvalue weighted by atomic mass is 10.2. The van der Waals surface area contributed by atoms with Gasteiger partial charge in [0.25, 0.3) is 5.91 Å². The molecule has 6 nitrogen and oxygen atoms in total. The highest BCUT2D eigenvalue weighted by Crippen LogP contribution is 2.31. The van der Waals surface area contributed by atoms with Gasteiger partial charge < -0.3 is 14.8 Å². The fourth-order valence-electron chi connectivity index (χ4n) is 2.92. The summed E-state index contributed by atoms with van der Waals surface area (Å²) in [5, 5.41) is 7.14. The number of benzene rings is 2. The standard InChI is InChI=1S/C20H18FN3O3/c1-13-10-22-24(11-14-5-4-6-15(21)9-14)19(13)23-20(25)18-12-26-16-7-2-3-8-17(16)27-18/h2-10,18H,11-12H2,1H3,(H,23,25)/t18-/m0/s1. The van der Waals surface area contributed by atoms with Crippen LogP contribution in [0.15, 0.2) is 54.7 Å². The molecule has 1 aromatic heterocycles. The van der Waals surface area contributed by atoms with Crippen LogP contribution in [0.2, 0.25) is 0 Å². The van der Waals surface area contributed by atoms with Crippen molar-refractivity contribution in [2.45, 2.75) is 19.6 Å². The highest BCUT2D eigenvalue weighted by molar-refractivity contribution is 5.94. The minimum absolute atomic E-state index is 0.125. The number of ether oxygens (including phenoxy) is 2. The van der Waals surface area contributed by atoms with Gasteiger partial charge in [-0.25, -0.2) is 9.07 Å². The van der Waals surface area contributed by atoms with E-state index >= 15 is 0 Å². The smallest absolute Gasteiger partial charge is 0.270 e. The topological polar surface area (TPSA) is 65.4 Å². The van der Waals surface area contributed by atoms with E-state index in [9.17, 15) is 9.18 Å². The van der Waals surface area contributed by atoms with Gasteiger partial charge in [0.15, 0.2) is 11.5 Å². The molecular formula is C20H18FN3O3. The van der Waals surface area contributed by atoms with Gasteiger partial charge in [0.2, 0.25) is 6.10 Å². The zero-order valence-corrected chi connectivity index (χ0v) is 14.7. The molecule has 0 spiro atoms. The number of aryl methyl sites for hydroxylation is 1. The molecule has 138 valence electrons. The van der Waals surface area contributed by atoms with Gasteiger partial charge in [-0.2, -0.15) is 5.10 Å². The Kier molecular flexibility index (Phi) is 4.50. The molecule has 0 bridgehead atoms. The third-order valence-electron chi connectivity index (χ3n) is 4.29. The average molecular weight is 367 g/mol. The Morgan fingerprint density at radius 2 is 2.07 bits per heavy atom. The van der Waals surface area contributed by atoms with E-state index in [1.54, 1.807) is 35.1 Å². The van der Waals surface area contributed by atoms with E-state index in [0.717, 1.165) is 11.1 Å².